The van der Waals surface area contributed by atoms with Gasteiger partial charge in [-0.25, -0.2) is 0 Å². The standard InChI is InChI=1S/C17H31NO/c19-14-17(9-4-1-5-10-17)13-18-11-8-15-6-2-3-7-16(15)12-18/h15-16,19H,1-14H2. The molecule has 3 aliphatic rings. The maximum absolute atomic E-state index is 9.88. The van der Waals surface area contributed by atoms with Gasteiger partial charge in [0.2, 0.25) is 0 Å². The molecule has 2 saturated carbocycles. The lowest BCUT2D eigenvalue weighted by molar-refractivity contribution is 0.00682. The molecule has 2 aliphatic carbocycles. The minimum atomic E-state index is 0.250. The number of likely N-dealkylation sites (tertiary alicyclic amines) is 1. The average Bonchev–Trinajstić information content (AvgIpc) is 2.48. The Labute approximate surface area is 118 Å². The van der Waals surface area contributed by atoms with Crippen LogP contribution in [0.25, 0.3) is 0 Å². The fourth-order valence-electron chi connectivity index (χ4n) is 4.96. The van der Waals surface area contributed by atoms with Crippen molar-refractivity contribution in [1.82, 2.24) is 4.90 Å². The number of piperidine rings is 1. The van der Waals surface area contributed by atoms with Crippen molar-refractivity contribution >= 4 is 0 Å². The molecule has 2 heteroatoms. The second-order valence-corrected chi connectivity index (χ2v) is 7.55. The Balaban J connectivity index is 1.57. The monoisotopic (exact) mass is 265 g/mol. The zero-order chi connectivity index (χ0) is 13.1. The van der Waals surface area contributed by atoms with Crippen molar-refractivity contribution in [2.75, 3.05) is 26.2 Å². The van der Waals surface area contributed by atoms with Gasteiger partial charge in [0.25, 0.3) is 0 Å². The second kappa shape index (κ2) is 6.13. The van der Waals surface area contributed by atoms with Gasteiger partial charge in [-0.2, -0.15) is 0 Å². The van der Waals surface area contributed by atoms with Crippen molar-refractivity contribution in [3.8, 4) is 0 Å². The molecule has 1 aliphatic heterocycles. The van der Waals surface area contributed by atoms with Gasteiger partial charge in [-0.1, -0.05) is 38.5 Å². The van der Waals surface area contributed by atoms with Crippen molar-refractivity contribution < 1.29 is 5.11 Å². The van der Waals surface area contributed by atoms with Crippen molar-refractivity contribution in [3.05, 3.63) is 0 Å². The van der Waals surface area contributed by atoms with Crippen LogP contribution in [0.2, 0.25) is 0 Å². The van der Waals surface area contributed by atoms with Gasteiger partial charge in [0.05, 0.1) is 0 Å². The Bertz CT molecular complexity index is 285. The normalized spacial score (nSPS) is 35.8. The van der Waals surface area contributed by atoms with E-state index < -0.39 is 0 Å². The fraction of sp³-hybridized carbons (Fsp3) is 1.00. The van der Waals surface area contributed by atoms with Gasteiger partial charge >= 0.3 is 0 Å². The first-order valence-electron chi connectivity index (χ1n) is 8.65. The molecular weight excluding hydrogens is 234 g/mol. The zero-order valence-corrected chi connectivity index (χ0v) is 12.4. The van der Waals surface area contributed by atoms with Crippen LogP contribution in [0.4, 0.5) is 0 Å². The quantitative estimate of drug-likeness (QED) is 0.845. The number of nitrogens with zero attached hydrogens (tertiary/aromatic N) is 1. The summed E-state index contributed by atoms with van der Waals surface area (Å²) in [6.07, 6.45) is 13.9. The van der Waals surface area contributed by atoms with E-state index in [0.717, 1.165) is 11.8 Å². The molecule has 110 valence electrons. The minimum absolute atomic E-state index is 0.250. The van der Waals surface area contributed by atoms with E-state index in [1.54, 1.807) is 0 Å². The van der Waals surface area contributed by atoms with E-state index in [4.69, 9.17) is 0 Å². The molecule has 2 atom stereocenters. The maximum atomic E-state index is 9.88. The molecule has 0 aromatic heterocycles. The average molecular weight is 265 g/mol. The molecule has 0 aromatic carbocycles. The molecule has 2 unspecified atom stereocenters. The first-order chi connectivity index (χ1) is 9.31. The summed E-state index contributed by atoms with van der Waals surface area (Å²) in [6, 6.07) is 0. The SMILES string of the molecule is OCC1(CN2CCC3CCCCC3C2)CCCCC1. The van der Waals surface area contributed by atoms with Gasteiger partial charge < -0.3 is 10.0 Å². The Morgan fingerprint density at radius 3 is 2.37 bits per heavy atom. The molecule has 0 spiro atoms. The van der Waals surface area contributed by atoms with Crippen LogP contribution in [0.5, 0.6) is 0 Å². The molecule has 3 rings (SSSR count). The van der Waals surface area contributed by atoms with Crippen LogP contribution >= 0.6 is 0 Å². The van der Waals surface area contributed by atoms with Crippen LogP contribution in [0.3, 0.4) is 0 Å². The lowest BCUT2D eigenvalue weighted by Gasteiger charge is -2.46. The Kier molecular flexibility index (Phi) is 4.48. The number of hydrogen-bond donors (Lipinski definition) is 1. The summed E-state index contributed by atoms with van der Waals surface area (Å²) < 4.78 is 0. The minimum Gasteiger partial charge on any atom is -0.396 e. The third kappa shape index (κ3) is 3.16. The third-order valence-electron chi connectivity index (χ3n) is 6.18. The van der Waals surface area contributed by atoms with E-state index in [1.165, 1.54) is 83.8 Å². The highest BCUT2D eigenvalue weighted by Gasteiger charge is 2.37. The van der Waals surface area contributed by atoms with Gasteiger partial charge in [-0.3, -0.25) is 0 Å². The van der Waals surface area contributed by atoms with E-state index in [9.17, 15) is 5.11 Å². The summed E-state index contributed by atoms with van der Waals surface area (Å²) in [6.45, 7) is 4.21. The molecule has 0 aromatic rings. The van der Waals surface area contributed by atoms with E-state index in [0.29, 0.717) is 6.61 Å². The van der Waals surface area contributed by atoms with Gasteiger partial charge in [-0.15, -0.1) is 0 Å². The molecule has 1 saturated heterocycles. The number of aliphatic hydroxyl groups excluding tert-OH is 1. The number of aliphatic hydroxyl groups is 1. The highest BCUT2D eigenvalue weighted by Crippen LogP contribution is 2.40. The third-order valence-corrected chi connectivity index (χ3v) is 6.18. The molecule has 3 fully saturated rings. The van der Waals surface area contributed by atoms with E-state index in [-0.39, 0.29) is 5.41 Å². The van der Waals surface area contributed by atoms with Gasteiger partial charge in [0.15, 0.2) is 0 Å². The predicted octanol–water partition coefficient (Wildman–Crippen LogP) is 3.44. The molecule has 0 bridgehead atoms. The fourth-order valence-corrected chi connectivity index (χ4v) is 4.96. The van der Waals surface area contributed by atoms with Crippen LogP contribution in [0, 0.1) is 17.3 Å². The summed E-state index contributed by atoms with van der Waals surface area (Å²) in [7, 11) is 0. The van der Waals surface area contributed by atoms with Crippen LogP contribution in [0.1, 0.15) is 64.2 Å². The molecule has 1 N–H and O–H groups in total. The summed E-state index contributed by atoms with van der Waals surface area (Å²) >= 11 is 0. The van der Waals surface area contributed by atoms with Crippen LogP contribution in [-0.2, 0) is 0 Å². The van der Waals surface area contributed by atoms with Crippen molar-refractivity contribution in [1.29, 1.82) is 0 Å². The zero-order valence-electron chi connectivity index (χ0n) is 12.4. The Morgan fingerprint density at radius 2 is 1.63 bits per heavy atom. The lowest BCUT2D eigenvalue weighted by Crippen LogP contribution is -2.48. The summed E-state index contributed by atoms with van der Waals surface area (Å²) in [4.78, 5) is 2.70. The van der Waals surface area contributed by atoms with Gasteiger partial charge in [0, 0.05) is 25.1 Å². The maximum Gasteiger partial charge on any atom is 0.0499 e. The molecule has 0 amide bonds. The van der Waals surface area contributed by atoms with E-state index in [1.807, 2.05) is 0 Å². The molecule has 19 heavy (non-hydrogen) atoms. The van der Waals surface area contributed by atoms with Crippen LogP contribution in [0.15, 0.2) is 0 Å². The van der Waals surface area contributed by atoms with E-state index >= 15 is 0 Å². The largest absolute Gasteiger partial charge is 0.396 e. The second-order valence-electron chi connectivity index (χ2n) is 7.55. The molecule has 1 heterocycles. The Morgan fingerprint density at radius 1 is 0.895 bits per heavy atom. The number of fused-ring (bicyclic) bond motifs is 1. The summed E-state index contributed by atoms with van der Waals surface area (Å²) in [5.74, 6) is 2.00. The van der Waals surface area contributed by atoms with Crippen molar-refractivity contribution in [2.45, 2.75) is 64.2 Å². The van der Waals surface area contributed by atoms with Crippen LogP contribution in [-0.4, -0.2) is 36.2 Å². The van der Waals surface area contributed by atoms with Gasteiger partial charge in [-0.05, 0) is 44.1 Å². The van der Waals surface area contributed by atoms with Crippen molar-refractivity contribution in [3.63, 3.8) is 0 Å². The lowest BCUT2D eigenvalue weighted by atomic mass is 9.72. The summed E-state index contributed by atoms with van der Waals surface area (Å²) in [5, 5.41) is 9.88. The van der Waals surface area contributed by atoms with Crippen molar-refractivity contribution in [2.24, 2.45) is 17.3 Å². The molecular formula is C17H31NO. The Hall–Kier alpha value is -0.0800. The molecule has 0 radical (unpaired) electrons. The molecule has 2 nitrogen and oxygen atoms in total. The summed E-state index contributed by atoms with van der Waals surface area (Å²) in [5.41, 5.74) is 0.250. The highest BCUT2D eigenvalue weighted by atomic mass is 16.3. The van der Waals surface area contributed by atoms with Gasteiger partial charge in [0.1, 0.15) is 0 Å². The first-order valence-corrected chi connectivity index (χ1v) is 8.65. The van der Waals surface area contributed by atoms with E-state index in [2.05, 4.69) is 4.90 Å². The number of rotatable bonds is 3. The van der Waals surface area contributed by atoms with Crippen LogP contribution < -0.4 is 0 Å². The highest BCUT2D eigenvalue weighted by molar-refractivity contribution is 4.89. The smallest absolute Gasteiger partial charge is 0.0499 e. The number of hydrogen-bond acceptors (Lipinski definition) is 2. The first kappa shape index (κ1) is 13.9. The topological polar surface area (TPSA) is 23.5 Å². The predicted molar refractivity (Wildman–Crippen MR) is 79.1 cm³/mol.